The first-order valence-corrected chi connectivity index (χ1v) is 5.13. The van der Waals surface area contributed by atoms with Gasteiger partial charge < -0.3 is 4.52 Å². The molecule has 0 fully saturated rings. The molecule has 0 aliphatic carbocycles. The first kappa shape index (κ1) is 9.83. The molecular weight excluding hydrogens is 190 g/mol. The Labute approximate surface area is 88.4 Å². The van der Waals surface area contributed by atoms with Crippen LogP contribution in [0.4, 0.5) is 0 Å². The zero-order valence-corrected chi connectivity index (χ0v) is 8.68. The molecule has 0 unspecified atom stereocenters. The van der Waals surface area contributed by atoms with Crippen LogP contribution in [0.5, 0.6) is 0 Å². The van der Waals surface area contributed by atoms with Gasteiger partial charge in [0.25, 0.3) is 0 Å². The van der Waals surface area contributed by atoms with E-state index in [1.807, 2.05) is 12.1 Å². The topological polar surface area (TPSA) is 51.8 Å². The Morgan fingerprint density at radius 1 is 1.27 bits per heavy atom. The Kier molecular flexibility index (Phi) is 3.07. The van der Waals surface area contributed by atoms with E-state index in [1.54, 1.807) is 12.4 Å². The number of unbranched alkanes of at least 4 members (excludes halogenated alkanes) is 1. The van der Waals surface area contributed by atoms with Crippen molar-refractivity contribution < 1.29 is 4.52 Å². The lowest BCUT2D eigenvalue weighted by molar-refractivity contribution is 0.375. The molecule has 0 aliphatic rings. The van der Waals surface area contributed by atoms with E-state index in [4.69, 9.17) is 4.52 Å². The first-order valence-electron chi connectivity index (χ1n) is 5.13. The summed E-state index contributed by atoms with van der Waals surface area (Å²) in [6.07, 6.45) is 6.51. The maximum Gasteiger partial charge on any atom is 0.226 e. The molecule has 0 spiro atoms. The zero-order valence-electron chi connectivity index (χ0n) is 8.68. The molecule has 4 nitrogen and oxygen atoms in total. The van der Waals surface area contributed by atoms with Gasteiger partial charge in [-0.15, -0.1) is 0 Å². The molecular formula is C11H13N3O. The normalized spacial score (nSPS) is 10.5. The number of aryl methyl sites for hydroxylation is 1. The van der Waals surface area contributed by atoms with E-state index in [2.05, 4.69) is 22.0 Å². The highest BCUT2D eigenvalue weighted by molar-refractivity contribution is 5.52. The van der Waals surface area contributed by atoms with Gasteiger partial charge in [-0.05, 0) is 18.6 Å². The van der Waals surface area contributed by atoms with Crippen molar-refractivity contribution in [3.8, 4) is 11.4 Å². The van der Waals surface area contributed by atoms with E-state index in [9.17, 15) is 0 Å². The largest absolute Gasteiger partial charge is 0.339 e. The molecule has 0 amide bonds. The Hall–Kier alpha value is -1.71. The maximum absolute atomic E-state index is 5.14. The lowest BCUT2D eigenvalue weighted by Crippen LogP contribution is -1.85. The Morgan fingerprint density at radius 2 is 2.07 bits per heavy atom. The third-order valence-electron chi connectivity index (χ3n) is 2.15. The van der Waals surface area contributed by atoms with Gasteiger partial charge in [0, 0.05) is 24.4 Å². The van der Waals surface area contributed by atoms with Gasteiger partial charge in [-0.1, -0.05) is 18.5 Å². The summed E-state index contributed by atoms with van der Waals surface area (Å²) < 4.78 is 5.14. The van der Waals surface area contributed by atoms with E-state index in [0.717, 1.165) is 24.8 Å². The second-order valence-electron chi connectivity index (χ2n) is 3.35. The Morgan fingerprint density at radius 3 is 2.80 bits per heavy atom. The average molecular weight is 203 g/mol. The minimum absolute atomic E-state index is 0.642. The van der Waals surface area contributed by atoms with Gasteiger partial charge in [0.15, 0.2) is 0 Å². The van der Waals surface area contributed by atoms with Crippen LogP contribution >= 0.6 is 0 Å². The number of pyridine rings is 1. The highest BCUT2D eigenvalue weighted by Gasteiger charge is 2.06. The second kappa shape index (κ2) is 4.68. The van der Waals surface area contributed by atoms with Crippen molar-refractivity contribution in [2.45, 2.75) is 26.2 Å². The number of nitrogens with zero attached hydrogens (tertiary/aromatic N) is 3. The predicted octanol–water partition coefficient (Wildman–Crippen LogP) is 2.47. The van der Waals surface area contributed by atoms with Crippen molar-refractivity contribution in [2.24, 2.45) is 0 Å². The highest BCUT2D eigenvalue weighted by atomic mass is 16.5. The maximum atomic E-state index is 5.14. The summed E-state index contributed by atoms with van der Waals surface area (Å²) in [5.41, 5.74) is 0.941. The van der Waals surface area contributed by atoms with Crippen LogP contribution in [-0.2, 0) is 6.42 Å². The molecule has 4 heteroatoms. The molecule has 0 aromatic carbocycles. The molecule has 0 saturated carbocycles. The molecule has 2 aromatic rings. The van der Waals surface area contributed by atoms with E-state index in [-0.39, 0.29) is 0 Å². The quantitative estimate of drug-likeness (QED) is 0.766. The van der Waals surface area contributed by atoms with Gasteiger partial charge in [-0.25, -0.2) is 0 Å². The van der Waals surface area contributed by atoms with E-state index in [1.165, 1.54) is 0 Å². The van der Waals surface area contributed by atoms with Crippen molar-refractivity contribution in [3.63, 3.8) is 0 Å². The van der Waals surface area contributed by atoms with Crippen LogP contribution < -0.4 is 0 Å². The van der Waals surface area contributed by atoms with Crippen LogP contribution in [-0.4, -0.2) is 15.1 Å². The number of aromatic nitrogens is 3. The fourth-order valence-electron chi connectivity index (χ4n) is 1.30. The van der Waals surface area contributed by atoms with Gasteiger partial charge in [0.05, 0.1) is 0 Å². The Balaban J connectivity index is 2.14. The standard InChI is InChI=1S/C11H13N3O/c1-2-3-4-10-13-11(14-15-10)9-5-7-12-8-6-9/h5-8H,2-4H2,1H3. The molecule has 0 saturated heterocycles. The summed E-state index contributed by atoms with van der Waals surface area (Å²) in [5.74, 6) is 1.35. The summed E-state index contributed by atoms with van der Waals surface area (Å²) >= 11 is 0. The van der Waals surface area contributed by atoms with Gasteiger partial charge in [-0.3, -0.25) is 4.98 Å². The molecule has 2 heterocycles. The fourth-order valence-corrected chi connectivity index (χ4v) is 1.30. The predicted molar refractivity (Wildman–Crippen MR) is 56.1 cm³/mol. The van der Waals surface area contributed by atoms with Crippen molar-refractivity contribution in [1.82, 2.24) is 15.1 Å². The van der Waals surface area contributed by atoms with Crippen LogP contribution in [0.25, 0.3) is 11.4 Å². The molecule has 0 N–H and O–H groups in total. The second-order valence-corrected chi connectivity index (χ2v) is 3.35. The van der Waals surface area contributed by atoms with E-state index >= 15 is 0 Å². The van der Waals surface area contributed by atoms with Crippen LogP contribution in [0.15, 0.2) is 29.0 Å². The third kappa shape index (κ3) is 2.40. The monoisotopic (exact) mass is 203 g/mol. The Bertz CT molecular complexity index is 411. The summed E-state index contributed by atoms with van der Waals surface area (Å²) in [7, 11) is 0. The van der Waals surface area contributed by atoms with Crippen molar-refractivity contribution in [1.29, 1.82) is 0 Å². The molecule has 78 valence electrons. The van der Waals surface area contributed by atoms with Crippen molar-refractivity contribution >= 4 is 0 Å². The zero-order chi connectivity index (χ0) is 10.5. The van der Waals surface area contributed by atoms with Gasteiger partial charge in [0.1, 0.15) is 0 Å². The molecule has 2 rings (SSSR count). The minimum Gasteiger partial charge on any atom is -0.339 e. The number of hydrogen-bond acceptors (Lipinski definition) is 4. The van der Waals surface area contributed by atoms with Crippen LogP contribution in [0.3, 0.4) is 0 Å². The molecule has 0 bridgehead atoms. The van der Waals surface area contributed by atoms with Gasteiger partial charge in [-0.2, -0.15) is 4.98 Å². The van der Waals surface area contributed by atoms with E-state index in [0.29, 0.717) is 11.7 Å². The minimum atomic E-state index is 0.642. The molecule has 0 atom stereocenters. The molecule has 0 aliphatic heterocycles. The van der Waals surface area contributed by atoms with Crippen LogP contribution in [0.1, 0.15) is 25.7 Å². The first-order chi connectivity index (χ1) is 7.40. The SMILES string of the molecule is CCCCc1nc(-c2ccncc2)no1. The smallest absolute Gasteiger partial charge is 0.226 e. The molecule has 15 heavy (non-hydrogen) atoms. The van der Waals surface area contributed by atoms with Crippen molar-refractivity contribution in [3.05, 3.63) is 30.4 Å². The lowest BCUT2D eigenvalue weighted by atomic mass is 10.2. The lowest BCUT2D eigenvalue weighted by Gasteiger charge is -1.90. The van der Waals surface area contributed by atoms with E-state index < -0.39 is 0 Å². The van der Waals surface area contributed by atoms with Crippen LogP contribution in [0.2, 0.25) is 0 Å². The number of hydrogen-bond donors (Lipinski definition) is 0. The summed E-state index contributed by atoms with van der Waals surface area (Å²) in [6, 6.07) is 3.74. The van der Waals surface area contributed by atoms with Crippen LogP contribution in [0, 0.1) is 0 Å². The van der Waals surface area contributed by atoms with Gasteiger partial charge in [0.2, 0.25) is 11.7 Å². The van der Waals surface area contributed by atoms with Gasteiger partial charge >= 0.3 is 0 Å². The third-order valence-corrected chi connectivity index (χ3v) is 2.15. The summed E-state index contributed by atoms with van der Waals surface area (Å²) in [5, 5.41) is 3.93. The molecule has 2 aromatic heterocycles. The highest BCUT2D eigenvalue weighted by Crippen LogP contribution is 2.14. The summed E-state index contributed by atoms with van der Waals surface area (Å²) in [4.78, 5) is 8.25. The fraction of sp³-hybridized carbons (Fsp3) is 0.364. The average Bonchev–Trinajstić information content (AvgIpc) is 2.76. The number of rotatable bonds is 4. The summed E-state index contributed by atoms with van der Waals surface area (Å²) in [6.45, 7) is 2.14. The van der Waals surface area contributed by atoms with Crippen molar-refractivity contribution in [2.75, 3.05) is 0 Å². The molecule has 0 radical (unpaired) electrons.